The van der Waals surface area contributed by atoms with Crippen molar-refractivity contribution in [2.75, 3.05) is 25.3 Å². The van der Waals surface area contributed by atoms with E-state index >= 15 is 0 Å². The summed E-state index contributed by atoms with van der Waals surface area (Å²) in [6, 6.07) is 23.4. The number of fused-ring (bicyclic) bond motifs is 1. The molecule has 5 aromatic rings. The van der Waals surface area contributed by atoms with Gasteiger partial charge in [-0.05, 0) is 90.7 Å². The number of nitrogens with one attached hydrogen (secondary N) is 1. The van der Waals surface area contributed by atoms with Crippen LogP contribution in [0.5, 0.6) is 11.5 Å². The molecule has 0 aliphatic carbocycles. The summed E-state index contributed by atoms with van der Waals surface area (Å²) in [6.45, 7) is 4.06. The van der Waals surface area contributed by atoms with E-state index in [9.17, 15) is 4.79 Å². The van der Waals surface area contributed by atoms with E-state index in [0.29, 0.717) is 15.4 Å². The molecular formula is C30H27N3O3S. The molecule has 2 aromatic heterocycles. The molecule has 0 bridgehead atoms. The van der Waals surface area contributed by atoms with Gasteiger partial charge < -0.3 is 20.5 Å². The van der Waals surface area contributed by atoms with E-state index in [2.05, 4.69) is 5.32 Å². The normalized spacial score (nSPS) is 10.9. The molecule has 0 aliphatic rings. The Morgan fingerprint density at radius 2 is 1.46 bits per heavy atom. The first-order valence-corrected chi connectivity index (χ1v) is 12.6. The number of thiophene rings is 1. The highest BCUT2D eigenvalue weighted by Crippen LogP contribution is 2.42. The van der Waals surface area contributed by atoms with Crippen molar-refractivity contribution in [2.24, 2.45) is 0 Å². The van der Waals surface area contributed by atoms with Crippen LogP contribution < -0.4 is 20.5 Å². The molecule has 1 amide bonds. The number of nitrogens with two attached hydrogens (primary N) is 1. The Kier molecular flexibility index (Phi) is 6.54. The number of methoxy groups -OCH3 is 2. The summed E-state index contributed by atoms with van der Waals surface area (Å²) in [4.78, 5) is 19.4. The Labute approximate surface area is 219 Å². The average Bonchev–Trinajstić information content (AvgIpc) is 3.26. The van der Waals surface area contributed by atoms with E-state index in [1.807, 2.05) is 86.6 Å². The van der Waals surface area contributed by atoms with Crippen molar-refractivity contribution in [3.8, 4) is 33.9 Å². The molecule has 37 heavy (non-hydrogen) atoms. The maximum absolute atomic E-state index is 13.3. The summed E-state index contributed by atoms with van der Waals surface area (Å²) in [5, 5.41) is 3.76. The van der Waals surface area contributed by atoms with Crippen molar-refractivity contribution in [3.05, 3.63) is 88.8 Å². The highest BCUT2D eigenvalue weighted by molar-refractivity contribution is 7.21. The van der Waals surface area contributed by atoms with Crippen LogP contribution in [0, 0.1) is 13.8 Å². The molecule has 0 fully saturated rings. The van der Waals surface area contributed by atoms with Crippen molar-refractivity contribution >= 4 is 38.8 Å². The first-order valence-electron chi connectivity index (χ1n) is 11.8. The van der Waals surface area contributed by atoms with Gasteiger partial charge in [-0.2, -0.15) is 0 Å². The molecule has 5 rings (SSSR count). The first-order chi connectivity index (χ1) is 17.9. The van der Waals surface area contributed by atoms with Crippen LogP contribution in [0.1, 0.15) is 20.8 Å². The monoisotopic (exact) mass is 509 g/mol. The summed E-state index contributed by atoms with van der Waals surface area (Å²) in [5.41, 5.74) is 13.6. The minimum Gasteiger partial charge on any atom is -0.497 e. The van der Waals surface area contributed by atoms with Crippen LogP contribution in [0.3, 0.4) is 0 Å². The fraction of sp³-hybridized carbons (Fsp3) is 0.133. The number of rotatable bonds is 6. The van der Waals surface area contributed by atoms with Gasteiger partial charge in [0.1, 0.15) is 21.2 Å². The number of aryl methyl sites for hydroxylation is 2. The van der Waals surface area contributed by atoms with Crippen LogP contribution >= 0.6 is 11.3 Å². The smallest absolute Gasteiger partial charge is 0.267 e. The molecule has 3 aromatic carbocycles. The topological polar surface area (TPSA) is 86.5 Å². The maximum atomic E-state index is 13.3. The predicted molar refractivity (Wildman–Crippen MR) is 152 cm³/mol. The lowest BCUT2D eigenvalue weighted by molar-refractivity contribution is 0.103. The molecule has 0 spiro atoms. The third kappa shape index (κ3) is 4.73. The van der Waals surface area contributed by atoms with Gasteiger partial charge in [-0.25, -0.2) is 4.98 Å². The number of anilines is 2. The van der Waals surface area contributed by atoms with Crippen LogP contribution in [0.25, 0.3) is 32.6 Å². The second-order valence-electron chi connectivity index (χ2n) is 8.79. The van der Waals surface area contributed by atoms with Crippen LogP contribution in [0.4, 0.5) is 11.4 Å². The Hall–Kier alpha value is -4.36. The lowest BCUT2D eigenvalue weighted by Gasteiger charge is -2.10. The van der Waals surface area contributed by atoms with Crippen molar-refractivity contribution in [2.45, 2.75) is 13.8 Å². The fourth-order valence-corrected chi connectivity index (χ4v) is 5.22. The average molecular weight is 510 g/mol. The quantitative estimate of drug-likeness (QED) is 0.255. The van der Waals surface area contributed by atoms with E-state index in [0.717, 1.165) is 50.5 Å². The van der Waals surface area contributed by atoms with Gasteiger partial charge in [-0.1, -0.05) is 18.2 Å². The Morgan fingerprint density at radius 1 is 0.838 bits per heavy atom. The highest BCUT2D eigenvalue weighted by Gasteiger charge is 2.22. The van der Waals surface area contributed by atoms with Gasteiger partial charge in [0.25, 0.3) is 5.91 Å². The first kappa shape index (κ1) is 24.3. The number of ether oxygens (including phenoxy) is 2. The van der Waals surface area contributed by atoms with Gasteiger partial charge in [0.2, 0.25) is 0 Å². The number of carbonyl (C=O) groups is 1. The lowest BCUT2D eigenvalue weighted by Crippen LogP contribution is -2.12. The SMILES string of the molecule is COc1ccc(-c2cc(-c3ccc(OC)cc3)c3c(N)c(C(=O)Nc4ccc(C)c(C)c4)sc3n2)cc1. The number of benzene rings is 3. The van der Waals surface area contributed by atoms with Gasteiger partial charge >= 0.3 is 0 Å². The number of hydrogen-bond acceptors (Lipinski definition) is 6. The largest absolute Gasteiger partial charge is 0.497 e. The van der Waals surface area contributed by atoms with Crippen LogP contribution in [-0.2, 0) is 0 Å². The molecule has 0 saturated heterocycles. The number of pyridine rings is 1. The van der Waals surface area contributed by atoms with Crippen LogP contribution in [0.2, 0.25) is 0 Å². The van der Waals surface area contributed by atoms with E-state index in [4.69, 9.17) is 20.2 Å². The van der Waals surface area contributed by atoms with E-state index < -0.39 is 0 Å². The van der Waals surface area contributed by atoms with Crippen molar-refractivity contribution < 1.29 is 14.3 Å². The van der Waals surface area contributed by atoms with Gasteiger partial charge in [0, 0.05) is 16.6 Å². The maximum Gasteiger partial charge on any atom is 0.267 e. The molecule has 0 radical (unpaired) electrons. The van der Waals surface area contributed by atoms with E-state index in [-0.39, 0.29) is 5.91 Å². The summed E-state index contributed by atoms with van der Waals surface area (Å²) < 4.78 is 10.6. The van der Waals surface area contributed by atoms with Gasteiger partial charge in [-0.15, -0.1) is 11.3 Å². The van der Waals surface area contributed by atoms with Crippen molar-refractivity contribution in [1.82, 2.24) is 4.98 Å². The summed E-state index contributed by atoms with van der Waals surface area (Å²) in [7, 11) is 3.28. The number of amides is 1. The molecular weight excluding hydrogens is 482 g/mol. The second kappa shape index (κ2) is 9.95. The molecule has 2 heterocycles. The molecule has 3 N–H and O–H groups in total. The molecule has 0 unspecified atom stereocenters. The van der Waals surface area contributed by atoms with Crippen LogP contribution in [0.15, 0.2) is 72.8 Å². The zero-order valence-corrected chi connectivity index (χ0v) is 21.9. The number of nitrogens with zero attached hydrogens (tertiary/aromatic N) is 1. The Morgan fingerprint density at radius 3 is 2.05 bits per heavy atom. The van der Waals surface area contributed by atoms with Gasteiger partial charge in [0.05, 0.1) is 25.6 Å². The van der Waals surface area contributed by atoms with E-state index in [1.54, 1.807) is 14.2 Å². The zero-order chi connectivity index (χ0) is 26.1. The summed E-state index contributed by atoms with van der Waals surface area (Å²) in [5.74, 6) is 1.28. The summed E-state index contributed by atoms with van der Waals surface area (Å²) >= 11 is 1.29. The number of hydrogen-bond donors (Lipinski definition) is 2. The molecule has 0 atom stereocenters. The highest BCUT2D eigenvalue weighted by atomic mass is 32.1. The fourth-order valence-electron chi connectivity index (χ4n) is 4.20. The second-order valence-corrected chi connectivity index (χ2v) is 9.79. The molecule has 186 valence electrons. The van der Waals surface area contributed by atoms with Crippen molar-refractivity contribution in [3.63, 3.8) is 0 Å². The van der Waals surface area contributed by atoms with Gasteiger partial charge in [-0.3, -0.25) is 4.79 Å². The predicted octanol–water partition coefficient (Wildman–Crippen LogP) is 7.10. The summed E-state index contributed by atoms with van der Waals surface area (Å²) in [6.07, 6.45) is 0. The van der Waals surface area contributed by atoms with Crippen LogP contribution in [-0.4, -0.2) is 25.1 Å². The van der Waals surface area contributed by atoms with Crippen molar-refractivity contribution in [1.29, 1.82) is 0 Å². The number of aromatic nitrogens is 1. The molecule has 0 aliphatic heterocycles. The Bertz CT molecular complexity index is 1610. The number of nitrogen functional groups attached to an aromatic ring is 1. The standard InChI is InChI=1S/C30H27N3O3S/c1-17-5-10-21(15-18(17)2)32-29(34)28-27(31)26-24(19-6-11-22(35-3)12-7-19)16-25(33-30(26)37-28)20-8-13-23(36-4)14-9-20/h5-16H,31H2,1-4H3,(H,32,34). The molecule has 0 saturated carbocycles. The molecule has 6 nitrogen and oxygen atoms in total. The zero-order valence-electron chi connectivity index (χ0n) is 21.1. The Balaban J connectivity index is 1.64. The lowest BCUT2D eigenvalue weighted by atomic mass is 9.99. The molecule has 7 heteroatoms. The third-order valence-corrected chi connectivity index (χ3v) is 7.55. The van der Waals surface area contributed by atoms with E-state index in [1.165, 1.54) is 16.9 Å². The third-order valence-electron chi connectivity index (χ3n) is 6.46. The van der Waals surface area contributed by atoms with Gasteiger partial charge in [0.15, 0.2) is 0 Å². The minimum absolute atomic E-state index is 0.254. The minimum atomic E-state index is -0.254. The number of carbonyl (C=O) groups excluding carboxylic acids is 1.